The van der Waals surface area contributed by atoms with Crippen LogP contribution in [0.5, 0.6) is 5.75 Å². The van der Waals surface area contributed by atoms with Crippen LogP contribution in [-0.4, -0.2) is 24.4 Å². The van der Waals surface area contributed by atoms with E-state index >= 15 is 0 Å². The first-order valence-electron chi connectivity index (χ1n) is 9.66. The molecule has 0 aliphatic heterocycles. The average Bonchev–Trinajstić information content (AvgIpc) is 2.75. The molecule has 0 aliphatic rings. The van der Waals surface area contributed by atoms with Gasteiger partial charge in [0.05, 0.1) is 23.8 Å². The minimum absolute atomic E-state index is 0.0531. The topological polar surface area (TPSA) is 79.0 Å². The molecule has 0 aliphatic carbocycles. The lowest BCUT2D eigenvalue weighted by atomic mass is 9.92. The highest BCUT2D eigenvalue weighted by Gasteiger charge is 2.18. The molecule has 5 nitrogen and oxygen atoms in total. The van der Waals surface area contributed by atoms with E-state index in [0.717, 1.165) is 39.9 Å². The van der Waals surface area contributed by atoms with E-state index in [1.807, 2.05) is 43.3 Å². The third-order valence-electron chi connectivity index (χ3n) is 4.96. The van der Waals surface area contributed by atoms with Crippen LogP contribution in [0.2, 0.25) is 0 Å². The molecule has 1 atom stereocenters. The smallest absolute Gasteiger partial charge is 0.122 e. The second kappa shape index (κ2) is 9.31. The summed E-state index contributed by atoms with van der Waals surface area (Å²) in [7, 11) is 1.67. The van der Waals surface area contributed by atoms with E-state index < -0.39 is 0 Å². The van der Waals surface area contributed by atoms with Crippen LogP contribution in [0.4, 0.5) is 0 Å². The third-order valence-corrected chi connectivity index (χ3v) is 4.96. The standard InChI is InChI=1S/C24H25N3O2/c1-4-19(15-28-3)24(26)22-11-16(2)27-23-12-20(9-10-21(22)23)29-14-18-7-5-17(13-25)6-8-18/h5-12,19,26H,4,14-15H2,1-3H3/t19-/m1/s1. The number of fused-ring (bicyclic) bond motifs is 1. The van der Waals surface area contributed by atoms with Gasteiger partial charge in [-0.2, -0.15) is 5.26 Å². The molecular weight excluding hydrogens is 362 g/mol. The van der Waals surface area contributed by atoms with Crippen molar-refractivity contribution in [2.75, 3.05) is 13.7 Å². The zero-order valence-electron chi connectivity index (χ0n) is 17.0. The van der Waals surface area contributed by atoms with E-state index in [1.165, 1.54) is 0 Å². The Hall–Kier alpha value is -3.23. The number of nitrogens with zero attached hydrogens (tertiary/aromatic N) is 2. The first-order chi connectivity index (χ1) is 14.0. The summed E-state index contributed by atoms with van der Waals surface area (Å²) in [6.45, 7) is 4.96. The first kappa shape index (κ1) is 20.5. The van der Waals surface area contributed by atoms with Gasteiger partial charge in [-0.1, -0.05) is 19.1 Å². The number of ether oxygens (including phenoxy) is 2. The molecule has 29 heavy (non-hydrogen) atoms. The molecular formula is C24H25N3O2. The summed E-state index contributed by atoms with van der Waals surface area (Å²) < 4.78 is 11.2. The van der Waals surface area contributed by atoms with Gasteiger partial charge in [0.2, 0.25) is 0 Å². The second-order valence-corrected chi connectivity index (χ2v) is 7.06. The average molecular weight is 387 g/mol. The zero-order valence-corrected chi connectivity index (χ0v) is 17.0. The van der Waals surface area contributed by atoms with Gasteiger partial charge in [-0.25, -0.2) is 0 Å². The largest absolute Gasteiger partial charge is 0.489 e. The molecule has 0 saturated heterocycles. The Bertz CT molecular complexity index is 1050. The number of pyridine rings is 1. The third kappa shape index (κ3) is 4.79. The first-order valence-corrected chi connectivity index (χ1v) is 9.66. The number of methoxy groups -OCH3 is 1. The molecule has 2 aromatic carbocycles. The number of aromatic nitrogens is 1. The van der Waals surface area contributed by atoms with E-state index in [-0.39, 0.29) is 5.92 Å². The van der Waals surface area contributed by atoms with Crippen molar-refractivity contribution in [1.29, 1.82) is 10.7 Å². The van der Waals surface area contributed by atoms with Crippen LogP contribution in [0.15, 0.2) is 48.5 Å². The molecule has 3 aromatic rings. The van der Waals surface area contributed by atoms with Crippen LogP contribution < -0.4 is 4.74 Å². The van der Waals surface area contributed by atoms with Crippen LogP contribution in [0.1, 0.15) is 35.7 Å². The Morgan fingerprint density at radius 3 is 2.59 bits per heavy atom. The minimum atomic E-state index is 0.0531. The van der Waals surface area contributed by atoms with Gasteiger partial charge in [0.1, 0.15) is 12.4 Å². The Morgan fingerprint density at radius 1 is 1.17 bits per heavy atom. The molecule has 0 saturated carbocycles. The Balaban J connectivity index is 1.86. The van der Waals surface area contributed by atoms with Gasteiger partial charge in [-0.05, 0) is 49.2 Å². The maximum atomic E-state index is 8.89. The Labute approximate surface area is 171 Å². The van der Waals surface area contributed by atoms with Crippen molar-refractivity contribution in [3.8, 4) is 11.8 Å². The molecule has 3 rings (SSSR count). The van der Waals surface area contributed by atoms with Crippen LogP contribution in [0.3, 0.4) is 0 Å². The van der Waals surface area contributed by atoms with Crippen molar-refractivity contribution in [3.05, 3.63) is 70.9 Å². The van der Waals surface area contributed by atoms with Crippen molar-refractivity contribution in [2.24, 2.45) is 5.92 Å². The molecule has 148 valence electrons. The maximum absolute atomic E-state index is 8.89. The number of benzene rings is 2. The summed E-state index contributed by atoms with van der Waals surface area (Å²) in [4.78, 5) is 4.64. The van der Waals surface area contributed by atoms with Crippen molar-refractivity contribution >= 4 is 16.6 Å². The van der Waals surface area contributed by atoms with Crippen molar-refractivity contribution in [1.82, 2.24) is 4.98 Å². The molecule has 0 amide bonds. The number of hydrogen-bond acceptors (Lipinski definition) is 5. The molecule has 0 fully saturated rings. The van der Waals surface area contributed by atoms with Crippen molar-refractivity contribution < 1.29 is 9.47 Å². The van der Waals surface area contributed by atoms with Crippen molar-refractivity contribution in [3.63, 3.8) is 0 Å². The maximum Gasteiger partial charge on any atom is 0.122 e. The van der Waals surface area contributed by atoms with Gasteiger partial charge >= 0.3 is 0 Å². The highest BCUT2D eigenvalue weighted by molar-refractivity contribution is 6.10. The molecule has 0 radical (unpaired) electrons. The van der Waals surface area contributed by atoms with Gasteiger partial charge in [-0.15, -0.1) is 0 Å². The summed E-state index contributed by atoms with van der Waals surface area (Å²) in [5.74, 6) is 0.777. The number of aryl methyl sites for hydroxylation is 1. The van der Waals surface area contributed by atoms with Crippen LogP contribution in [-0.2, 0) is 11.3 Å². The van der Waals surface area contributed by atoms with Gasteiger partial charge in [0.15, 0.2) is 0 Å². The molecule has 5 heteroatoms. The second-order valence-electron chi connectivity index (χ2n) is 7.06. The highest BCUT2D eigenvalue weighted by atomic mass is 16.5. The molecule has 0 spiro atoms. The predicted molar refractivity (Wildman–Crippen MR) is 114 cm³/mol. The minimum Gasteiger partial charge on any atom is -0.489 e. The summed E-state index contributed by atoms with van der Waals surface area (Å²) in [6.07, 6.45) is 0.849. The molecule has 0 unspecified atom stereocenters. The van der Waals surface area contributed by atoms with Crippen LogP contribution in [0.25, 0.3) is 10.9 Å². The van der Waals surface area contributed by atoms with Gasteiger partial charge in [0.25, 0.3) is 0 Å². The van der Waals surface area contributed by atoms with E-state index in [0.29, 0.717) is 24.5 Å². The molecule has 0 bridgehead atoms. The number of hydrogen-bond donors (Lipinski definition) is 1. The number of nitrogens with one attached hydrogen (secondary N) is 1. The SMILES string of the molecule is CC[C@H](COC)C(=N)c1cc(C)nc2cc(OCc3ccc(C#N)cc3)ccc12. The predicted octanol–water partition coefficient (Wildman–Crippen LogP) is 5.03. The lowest BCUT2D eigenvalue weighted by Crippen LogP contribution is -2.19. The summed E-state index contributed by atoms with van der Waals surface area (Å²) >= 11 is 0. The Morgan fingerprint density at radius 2 is 1.93 bits per heavy atom. The molecule has 1 N–H and O–H groups in total. The summed E-state index contributed by atoms with van der Waals surface area (Å²) in [6, 6.07) is 17.2. The fourth-order valence-electron chi connectivity index (χ4n) is 3.32. The number of nitriles is 1. The zero-order chi connectivity index (χ0) is 20.8. The van der Waals surface area contributed by atoms with Gasteiger partial charge < -0.3 is 14.9 Å². The van der Waals surface area contributed by atoms with Crippen LogP contribution >= 0.6 is 0 Å². The Kier molecular flexibility index (Phi) is 6.58. The van der Waals surface area contributed by atoms with E-state index in [1.54, 1.807) is 19.2 Å². The van der Waals surface area contributed by atoms with Crippen LogP contribution in [0, 0.1) is 29.6 Å². The molecule has 1 heterocycles. The summed E-state index contributed by atoms with van der Waals surface area (Å²) in [5, 5.41) is 18.5. The lowest BCUT2D eigenvalue weighted by molar-refractivity contribution is 0.174. The summed E-state index contributed by atoms with van der Waals surface area (Å²) in [5.41, 5.74) is 4.79. The monoisotopic (exact) mass is 387 g/mol. The number of rotatable bonds is 8. The van der Waals surface area contributed by atoms with Crippen molar-refractivity contribution in [2.45, 2.75) is 26.9 Å². The van der Waals surface area contributed by atoms with Gasteiger partial charge in [-0.3, -0.25) is 4.98 Å². The normalized spacial score (nSPS) is 11.8. The van der Waals surface area contributed by atoms with Gasteiger partial charge in [0, 0.05) is 41.4 Å². The van der Waals surface area contributed by atoms with E-state index in [2.05, 4.69) is 18.0 Å². The fraction of sp³-hybridized carbons (Fsp3) is 0.292. The fourth-order valence-corrected chi connectivity index (χ4v) is 3.32. The quantitative estimate of drug-likeness (QED) is 0.550. The van der Waals surface area contributed by atoms with E-state index in [9.17, 15) is 0 Å². The highest BCUT2D eigenvalue weighted by Crippen LogP contribution is 2.26. The lowest BCUT2D eigenvalue weighted by Gasteiger charge is -2.18. The molecule has 1 aromatic heterocycles. The van der Waals surface area contributed by atoms with E-state index in [4.69, 9.17) is 20.1 Å².